The van der Waals surface area contributed by atoms with Crippen LogP contribution in [0.3, 0.4) is 0 Å². The highest BCUT2D eigenvalue weighted by Crippen LogP contribution is 1.79. The maximum absolute atomic E-state index is 9.59. The van der Waals surface area contributed by atoms with E-state index < -0.39 is 17.0 Å². The zero-order valence-electron chi connectivity index (χ0n) is 7.31. The summed E-state index contributed by atoms with van der Waals surface area (Å²) in [5.41, 5.74) is 0. The molecule has 0 aromatic heterocycles. The molecule has 0 spiro atoms. The molecule has 0 aliphatic rings. The van der Waals surface area contributed by atoms with E-state index in [2.05, 4.69) is 4.84 Å². The van der Waals surface area contributed by atoms with Gasteiger partial charge in [0, 0.05) is 12.9 Å². The van der Waals surface area contributed by atoms with Gasteiger partial charge in [-0.05, 0) is 6.42 Å². The molecule has 0 aromatic carbocycles. The fourth-order valence-corrected chi connectivity index (χ4v) is 0.309. The summed E-state index contributed by atoms with van der Waals surface area (Å²) in [7, 11) is 0. The van der Waals surface area contributed by atoms with E-state index in [1.165, 1.54) is 0 Å². The van der Waals surface area contributed by atoms with Crippen molar-refractivity contribution in [3.8, 4) is 0 Å². The van der Waals surface area contributed by atoms with Crippen LogP contribution in [0.25, 0.3) is 0 Å². The van der Waals surface area contributed by atoms with Gasteiger partial charge in [0.15, 0.2) is 0 Å². The number of carbonyl (C=O) groups is 2. The largest absolute Gasteiger partial charge is 0.550 e. The van der Waals surface area contributed by atoms with Crippen LogP contribution in [0.1, 0.15) is 26.7 Å². The van der Waals surface area contributed by atoms with Crippen molar-refractivity contribution in [1.82, 2.24) is 0 Å². The number of aliphatic carboxylic acids is 1. The molecule has 7 nitrogen and oxygen atoms in total. The normalized spacial score (nSPS) is 7.85. The van der Waals surface area contributed by atoms with Gasteiger partial charge in [-0.15, -0.1) is 10.1 Å². The van der Waals surface area contributed by atoms with Crippen molar-refractivity contribution in [3.05, 3.63) is 10.1 Å². The van der Waals surface area contributed by atoms with Crippen molar-refractivity contribution in [1.29, 1.82) is 0 Å². The Hall–Kier alpha value is -1.66. The first-order valence-electron chi connectivity index (χ1n) is 3.42. The van der Waals surface area contributed by atoms with E-state index in [1.807, 2.05) is 0 Å². The zero-order valence-corrected chi connectivity index (χ0v) is 7.31. The predicted molar refractivity (Wildman–Crippen MR) is 38.7 cm³/mol. The average molecular weight is 192 g/mol. The second kappa shape index (κ2) is 8.44. The molecule has 0 radical (unpaired) electrons. The highest BCUT2D eigenvalue weighted by Gasteiger charge is 1.95. The number of hydrogen-bond acceptors (Lipinski definition) is 6. The second-order valence-corrected chi connectivity index (χ2v) is 1.93. The molecule has 0 aromatic rings. The third-order valence-electron chi connectivity index (χ3n) is 0.657. The van der Waals surface area contributed by atoms with Gasteiger partial charge in [0.25, 0.3) is 0 Å². The monoisotopic (exact) mass is 192 g/mol. The zero-order chi connectivity index (χ0) is 10.9. The van der Waals surface area contributed by atoms with E-state index in [9.17, 15) is 24.8 Å². The highest BCUT2D eigenvalue weighted by atomic mass is 17.0. The van der Waals surface area contributed by atoms with Crippen molar-refractivity contribution in [3.63, 3.8) is 0 Å². The van der Waals surface area contributed by atoms with Crippen LogP contribution in [0.4, 0.5) is 0 Å². The minimum Gasteiger partial charge on any atom is -0.550 e. The molecule has 76 valence electrons. The molecule has 0 bridgehead atoms. The minimum absolute atomic E-state index is 0.181. The Bertz CT molecular complexity index is 178. The summed E-state index contributed by atoms with van der Waals surface area (Å²) in [6, 6.07) is 0. The van der Waals surface area contributed by atoms with Crippen LogP contribution in [0, 0.1) is 10.1 Å². The van der Waals surface area contributed by atoms with Gasteiger partial charge in [0.1, 0.15) is 0 Å². The molecule has 0 unspecified atom stereocenters. The SMILES string of the molecule is CC(=O)O[N+](=O)[O-].CCCC(=O)[O-]. The van der Waals surface area contributed by atoms with Gasteiger partial charge >= 0.3 is 11.1 Å². The van der Waals surface area contributed by atoms with Gasteiger partial charge in [0.05, 0.1) is 0 Å². The summed E-state index contributed by atoms with van der Waals surface area (Å²) in [6.07, 6.45) is 0.850. The van der Waals surface area contributed by atoms with Crippen LogP contribution in [-0.2, 0) is 14.4 Å². The topological polar surface area (TPSA) is 110 Å². The molecule has 0 atom stereocenters. The summed E-state index contributed by atoms with van der Waals surface area (Å²) >= 11 is 0. The van der Waals surface area contributed by atoms with Gasteiger partial charge in [-0.2, -0.15) is 0 Å². The van der Waals surface area contributed by atoms with E-state index in [0.717, 1.165) is 6.92 Å². The lowest BCUT2D eigenvalue weighted by Crippen LogP contribution is -2.20. The minimum atomic E-state index is -1.15. The molecule has 7 heteroatoms. The summed E-state index contributed by atoms with van der Waals surface area (Å²) in [4.78, 5) is 31.6. The van der Waals surface area contributed by atoms with Gasteiger partial charge in [-0.3, -0.25) is 4.79 Å². The molecule has 13 heavy (non-hydrogen) atoms. The van der Waals surface area contributed by atoms with Gasteiger partial charge in [-0.25, -0.2) is 4.84 Å². The summed E-state index contributed by atoms with van der Waals surface area (Å²) in [5.74, 6) is -1.87. The Morgan fingerprint density at radius 3 is 1.92 bits per heavy atom. The molecule has 0 amide bonds. The number of carboxylic acids is 1. The van der Waals surface area contributed by atoms with Crippen LogP contribution in [-0.4, -0.2) is 17.0 Å². The summed E-state index contributed by atoms with van der Waals surface area (Å²) < 4.78 is 0. The number of hydrogen-bond donors (Lipinski definition) is 0. The number of carboxylic acid groups (broad SMARTS) is 1. The molecular weight excluding hydrogens is 182 g/mol. The van der Waals surface area contributed by atoms with Crippen molar-refractivity contribution in [2.24, 2.45) is 0 Å². The van der Waals surface area contributed by atoms with Crippen molar-refractivity contribution in [2.45, 2.75) is 26.7 Å². The first-order valence-corrected chi connectivity index (χ1v) is 3.42. The van der Waals surface area contributed by atoms with Crippen molar-refractivity contribution in [2.75, 3.05) is 0 Å². The fraction of sp³-hybridized carbons (Fsp3) is 0.667. The quantitative estimate of drug-likeness (QED) is 0.431. The smallest absolute Gasteiger partial charge is 0.302 e. The average Bonchev–Trinajstić information content (AvgIpc) is 1.83. The predicted octanol–water partition coefficient (Wildman–Crippen LogP) is -0.722. The van der Waals surface area contributed by atoms with Gasteiger partial charge in [-0.1, -0.05) is 13.3 Å². The molecule has 0 heterocycles. The first kappa shape index (κ1) is 13.9. The third kappa shape index (κ3) is 25.2. The Kier molecular flexibility index (Phi) is 9.02. The van der Waals surface area contributed by atoms with Crippen LogP contribution < -0.4 is 5.11 Å². The number of carbonyl (C=O) groups excluding carboxylic acids is 2. The molecule has 0 aliphatic heterocycles. The van der Waals surface area contributed by atoms with E-state index in [0.29, 0.717) is 6.42 Å². The second-order valence-electron chi connectivity index (χ2n) is 1.93. The molecule has 0 fully saturated rings. The van der Waals surface area contributed by atoms with E-state index in [1.54, 1.807) is 6.92 Å². The Morgan fingerprint density at radius 2 is 1.92 bits per heavy atom. The van der Waals surface area contributed by atoms with Crippen molar-refractivity contribution < 1.29 is 24.6 Å². The lowest BCUT2D eigenvalue weighted by molar-refractivity contribution is -0.729. The Balaban J connectivity index is 0. The standard InChI is InChI=1S/C4H8O2.C2H3NO4/c1-2-3-4(5)6;1-2(4)7-3(5)6/h2-3H2,1H3,(H,5,6);1H3/p-1. The van der Waals surface area contributed by atoms with E-state index in [4.69, 9.17) is 0 Å². The van der Waals surface area contributed by atoms with Gasteiger partial charge < -0.3 is 9.90 Å². The summed E-state index contributed by atoms with van der Waals surface area (Å²) in [6.45, 7) is 2.76. The van der Waals surface area contributed by atoms with Crippen LogP contribution >= 0.6 is 0 Å². The molecule has 0 rings (SSSR count). The number of rotatable bonds is 3. The summed E-state index contributed by atoms with van der Waals surface area (Å²) in [5, 5.41) is 17.5. The van der Waals surface area contributed by atoms with Crippen molar-refractivity contribution >= 4 is 11.9 Å². The first-order chi connectivity index (χ1) is 5.90. The Labute approximate surface area is 74.4 Å². The molecular formula is C6H10NO6-. The lowest BCUT2D eigenvalue weighted by atomic mass is 10.4. The van der Waals surface area contributed by atoms with Crippen LogP contribution in [0.5, 0.6) is 0 Å². The molecule has 0 aliphatic carbocycles. The molecule has 0 saturated heterocycles. The maximum Gasteiger partial charge on any atom is 0.302 e. The van der Waals surface area contributed by atoms with E-state index >= 15 is 0 Å². The maximum atomic E-state index is 9.59. The molecule has 0 saturated carbocycles. The lowest BCUT2D eigenvalue weighted by Gasteiger charge is -1.92. The highest BCUT2D eigenvalue weighted by molar-refractivity contribution is 5.65. The van der Waals surface area contributed by atoms with Gasteiger partial charge in [0.2, 0.25) is 0 Å². The third-order valence-corrected chi connectivity index (χ3v) is 0.657. The van der Waals surface area contributed by atoms with E-state index in [-0.39, 0.29) is 6.42 Å². The van der Waals surface area contributed by atoms with Crippen LogP contribution in [0.15, 0.2) is 0 Å². The number of nitrogens with zero attached hydrogens (tertiary/aromatic N) is 1. The molecule has 0 N–H and O–H groups in total. The fourth-order valence-electron chi connectivity index (χ4n) is 0.309. The Morgan fingerprint density at radius 1 is 1.46 bits per heavy atom. The van der Waals surface area contributed by atoms with Crippen LogP contribution in [0.2, 0.25) is 0 Å².